The van der Waals surface area contributed by atoms with Crippen molar-refractivity contribution in [2.75, 3.05) is 0 Å². The van der Waals surface area contributed by atoms with Crippen LogP contribution in [0.3, 0.4) is 0 Å². The van der Waals surface area contributed by atoms with Gasteiger partial charge >= 0.3 is 10.1 Å². The quantitative estimate of drug-likeness (QED) is 0.592. The summed E-state index contributed by atoms with van der Waals surface area (Å²) < 4.78 is 42.5. The molecule has 0 aliphatic heterocycles. The highest BCUT2D eigenvalue weighted by Gasteiger charge is 2.14. The van der Waals surface area contributed by atoms with E-state index in [1.165, 1.54) is 24.3 Å². The van der Waals surface area contributed by atoms with Crippen molar-refractivity contribution in [3.63, 3.8) is 0 Å². The second-order valence-electron chi connectivity index (χ2n) is 3.87. The van der Waals surface area contributed by atoms with Crippen LogP contribution in [0.15, 0.2) is 48.5 Å². The fraction of sp³-hybridized carbons (Fsp3) is 0.0769. The molecule has 0 bridgehead atoms. The maximum absolute atomic E-state index is 13.0. The van der Waals surface area contributed by atoms with E-state index in [9.17, 15) is 12.8 Å². The van der Waals surface area contributed by atoms with E-state index in [0.29, 0.717) is 5.56 Å². The molecular weight excluding hydrogens is 382 g/mol. The summed E-state index contributed by atoms with van der Waals surface area (Å²) in [5.74, 6) is -0.588. The van der Waals surface area contributed by atoms with Crippen LogP contribution in [0, 0.1) is 9.39 Å². The molecule has 2 aromatic rings. The zero-order valence-electron chi connectivity index (χ0n) is 9.71. The molecule has 0 amide bonds. The van der Waals surface area contributed by atoms with Gasteiger partial charge in [0, 0.05) is 3.57 Å². The molecule has 0 atom stereocenters. The summed E-state index contributed by atoms with van der Waals surface area (Å²) in [4.78, 5) is 0. The Morgan fingerprint density at radius 1 is 1.11 bits per heavy atom. The van der Waals surface area contributed by atoms with E-state index in [2.05, 4.69) is 22.6 Å². The molecule has 0 saturated heterocycles. The monoisotopic (exact) mass is 392 g/mol. The second kappa shape index (κ2) is 5.87. The van der Waals surface area contributed by atoms with Gasteiger partial charge in [-0.1, -0.05) is 12.1 Å². The molecule has 2 aromatic carbocycles. The van der Waals surface area contributed by atoms with Crippen molar-refractivity contribution in [1.29, 1.82) is 0 Å². The zero-order valence-corrected chi connectivity index (χ0v) is 12.7. The first-order valence-corrected chi connectivity index (χ1v) is 8.02. The van der Waals surface area contributed by atoms with Crippen molar-refractivity contribution >= 4 is 32.7 Å². The van der Waals surface area contributed by atoms with Crippen molar-refractivity contribution in [3.8, 4) is 5.75 Å². The maximum atomic E-state index is 13.0. The fourth-order valence-corrected chi connectivity index (χ4v) is 2.91. The van der Waals surface area contributed by atoms with Crippen LogP contribution in [0.1, 0.15) is 5.56 Å². The molecule has 0 unspecified atom stereocenters. The molecule has 0 aromatic heterocycles. The van der Waals surface area contributed by atoms with Gasteiger partial charge in [0.2, 0.25) is 0 Å². The van der Waals surface area contributed by atoms with Gasteiger partial charge in [-0.25, -0.2) is 4.39 Å². The normalized spacial score (nSPS) is 11.3. The molecule has 2 rings (SSSR count). The first-order valence-electron chi connectivity index (χ1n) is 5.37. The molecule has 100 valence electrons. The van der Waals surface area contributed by atoms with Crippen molar-refractivity contribution in [1.82, 2.24) is 0 Å². The van der Waals surface area contributed by atoms with E-state index < -0.39 is 15.9 Å². The van der Waals surface area contributed by atoms with Crippen LogP contribution in [0.4, 0.5) is 4.39 Å². The Morgan fingerprint density at radius 3 is 2.42 bits per heavy atom. The molecule has 3 nitrogen and oxygen atoms in total. The average molecular weight is 392 g/mol. The lowest BCUT2D eigenvalue weighted by atomic mass is 10.2. The summed E-state index contributed by atoms with van der Waals surface area (Å²) in [5, 5.41) is 0. The highest BCUT2D eigenvalue weighted by Crippen LogP contribution is 2.17. The van der Waals surface area contributed by atoms with Crippen LogP contribution >= 0.6 is 22.6 Å². The number of halogens is 2. The lowest BCUT2D eigenvalue weighted by molar-refractivity contribution is 0.485. The largest absolute Gasteiger partial charge is 0.382 e. The van der Waals surface area contributed by atoms with E-state index in [4.69, 9.17) is 4.18 Å². The fourth-order valence-electron chi connectivity index (χ4n) is 1.50. The second-order valence-corrected chi connectivity index (χ2v) is 6.69. The van der Waals surface area contributed by atoms with E-state index >= 15 is 0 Å². The summed E-state index contributed by atoms with van der Waals surface area (Å²) in [7, 11) is -3.79. The summed E-state index contributed by atoms with van der Waals surface area (Å²) in [6.45, 7) is 0. The van der Waals surface area contributed by atoms with Crippen molar-refractivity contribution in [2.45, 2.75) is 5.75 Å². The van der Waals surface area contributed by atoms with Gasteiger partial charge in [0.1, 0.15) is 17.3 Å². The van der Waals surface area contributed by atoms with Crippen LogP contribution in [0.5, 0.6) is 5.75 Å². The van der Waals surface area contributed by atoms with Crippen molar-refractivity contribution in [2.24, 2.45) is 0 Å². The first kappa shape index (κ1) is 14.3. The Hall–Kier alpha value is -1.15. The number of hydrogen-bond acceptors (Lipinski definition) is 3. The summed E-state index contributed by atoms with van der Waals surface area (Å²) >= 11 is 2.11. The van der Waals surface area contributed by atoms with Gasteiger partial charge in [0.25, 0.3) is 0 Å². The smallest absolute Gasteiger partial charge is 0.313 e. The third-order valence-corrected chi connectivity index (χ3v) is 4.12. The number of rotatable bonds is 4. The van der Waals surface area contributed by atoms with Crippen LogP contribution < -0.4 is 4.18 Å². The van der Waals surface area contributed by atoms with Crippen LogP contribution in [0.2, 0.25) is 0 Å². The van der Waals surface area contributed by atoms with Gasteiger partial charge in [-0.2, -0.15) is 8.42 Å². The first-order chi connectivity index (χ1) is 8.94. The Labute approximate surface area is 124 Å². The van der Waals surface area contributed by atoms with Crippen LogP contribution in [-0.4, -0.2) is 8.42 Å². The Morgan fingerprint density at radius 2 is 1.79 bits per heavy atom. The molecule has 19 heavy (non-hydrogen) atoms. The lowest BCUT2D eigenvalue weighted by Gasteiger charge is -2.07. The molecule has 0 radical (unpaired) electrons. The van der Waals surface area contributed by atoms with Gasteiger partial charge in [-0.3, -0.25) is 0 Å². The third kappa shape index (κ3) is 4.46. The topological polar surface area (TPSA) is 43.4 Å². The predicted octanol–water partition coefficient (Wildman–Crippen LogP) is 3.34. The van der Waals surface area contributed by atoms with Crippen LogP contribution in [-0.2, 0) is 15.9 Å². The summed E-state index contributed by atoms with van der Waals surface area (Å²) in [5.41, 5.74) is 0.352. The number of hydrogen-bond donors (Lipinski definition) is 0. The van der Waals surface area contributed by atoms with E-state index in [-0.39, 0.29) is 11.5 Å². The van der Waals surface area contributed by atoms with Gasteiger partial charge < -0.3 is 4.18 Å². The SMILES string of the molecule is O=S(=O)(Cc1cccc(F)c1)Oc1ccc(I)cc1. The molecule has 0 fully saturated rings. The third-order valence-electron chi connectivity index (χ3n) is 2.27. The molecular formula is C13H10FIO3S. The molecule has 6 heteroatoms. The van der Waals surface area contributed by atoms with Crippen LogP contribution in [0.25, 0.3) is 0 Å². The highest BCUT2D eigenvalue weighted by molar-refractivity contribution is 14.1. The highest BCUT2D eigenvalue weighted by atomic mass is 127. The molecule has 0 aliphatic rings. The molecule has 0 N–H and O–H groups in total. The average Bonchev–Trinajstić information content (AvgIpc) is 2.31. The van der Waals surface area contributed by atoms with E-state index in [1.807, 2.05) is 0 Å². The Kier molecular flexibility index (Phi) is 4.41. The Bertz CT molecular complexity index is 669. The van der Waals surface area contributed by atoms with Gasteiger partial charge in [0.15, 0.2) is 0 Å². The number of benzene rings is 2. The van der Waals surface area contributed by atoms with Crippen molar-refractivity contribution < 1.29 is 17.0 Å². The zero-order chi connectivity index (χ0) is 13.9. The summed E-state index contributed by atoms with van der Waals surface area (Å²) in [6.07, 6.45) is 0. The van der Waals surface area contributed by atoms with E-state index in [0.717, 1.165) is 3.57 Å². The molecule has 0 spiro atoms. The van der Waals surface area contributed by atoms with Gasteiger partial charge in [0.05, 0.1) is 0 Å². The minimum atomic E-state index is -3.79. The molecule has 0 saturated carbocycles. The molecule has 0 aliphatic carbocycles. The minimum Gasteiger partial charge on any atom is -0.382 e. The van der Waals surface area contributed by atoms with Gasteiger partial charge in [-0.15, -0.1) is 0 Å². The maximum Gasteiger partial charge on any atom is 0.313 e. The predicted molar refractivity (Wildman–Crippen MR) is 78.8 cm³/mol. The lowest BCUT2D eigenvalue weighted by Crippen LogP contribution is -2.12. The summed E-state index contributed by atoms with van der Waals surface area (Å²) in [6, 6.07) is 12.1. The minimum absolute atomic E-state index is 0.247. The Balaban J connectivity index is 2.13. The van der Waals surface area contributed by atoms with Gasteiger partial charge in [-0.05, 0) is 64.6 Å². The standard InChI is InChI=1S/C13H10FIO3S/c14-11-3-1-2-10(8-11)9-19(16,17)18-13-6-4-12(15)5-7-13/h1-8H,9H2. The van der Waals surface area contributed by atoms with E-state index in [1.54, 1.807) is 24.3 Å². The molecule has 0 heterocycles. The van der Waals surface area contributed by atoms with Crippen molar-refractivity contribution in [3.05, 3.63) is 63.5 Å².